The Morgan fingerprint density at radius 2 is 2.00 bits per heavy atom. The van der Waals surface area contributed by atoms with E-state index in [0.29, 0.717) is 18.7 Å². The van der Waals surface area contributed by atoms with Crippen molar-refractivity contribution in [1.82, 2.24) is 14.8 Å². The van der Waals surface area contributed by atoms with Gasteiger partial charge in [-0.3, -0.25) is 9.59 Å². The van der Waals surface area contributed by atoms with E-state index < -0.39 is 5.54 Å². The highest BCUT2D eigenvalue weighted by atomic mass is 16.2. The Labute approximate surface area is 136 Å². The number of aromatic nitrogens is 1. The zero-order chi connectivity index (χ0) is 16.8. The third-order valence-electron chi connectivity index (χ3n) is 5.02. The van der Waals surface area contributed by atoms with Crippen LogP contribution in [0.15, 0.2) is 24.3 Å². The molecule has 1 saturated heterocycles. The Balaban J connectivity index is 2.03. The van der Waals surface area contributed by atoms with Gasteiger partial charge in [0.1, 0.15) is 11.2 Å². The number of amides is 2. The molecule has 0 saturated carbocycles. The average molecular weight is 313 g/mol. The van der Waals surface area contributed by atoms with Crippen LogP contribution in [0.25, 0.3) is 10.9 Å². The van der Waals surface area contributed by atoms with E-state index in [2.05, 4.69) is 11.4 Å². The van der Waals surface area contributed by atoms with Crippen LogP contribution >= 0.6 is 0 Å². The predicted molar refractivity (Wildman–Crippen MR) is 90.4 cm³/mol. The van der Waals surface area contributed by atoms with Gasteiger partial charge in [0.05, 0.1) is 0 Å². The van der Waals surface area contributed by atoms with Gasteiger partial charge in [-0.05, 0) is 44.9 Å². The number of likely N-dealkylation sites (N-methyl/N-ethyl adjacent to an activating group) is 1. The number of rotatable bonds is 2. The van der Waals surface area contributed by atoms with E-state index in [1.165, 1.54) is 5.56 Å². The third kappa shape index (κ3) is 2.31. The summed E-state index contributed by atoms with van der Waals surface area (Å²) in [6.45, 7) is 4.50. The van der Waals surface area contributed by atoms with Crippen molar-refractivity contribution < 1.29 is 9.59 Å². The van der Waals surface area contributed by atoms with Gasteiger partial charge in [-0.15, -0.1) is 0 Å². The number of nitrogens with zero attached hydrogens (tertiary/aromatic N) is 2. The molecule has 122 valence electrons. The molecule has 0 spiro atoms. The highest BCUT2D eigenvalue weighted by Gasteiger charge is 2.45. The van der Waals surface area contributed by atoms with E-state index in [0.717, 1.165) is 17.3 Å². The van der Waals surface area contributed by atoms with Crippen molar-refractivity contribution in [2.75, 3.05) is 13.6 Å². The van der Waals surface area contributed by atoms with Crippen molar-refractivity contribution in [3.63, 3.8) is 0 Å². The second kappa shape index (κ2) is 5.41. The molecule has 23 heavy (non-hydrogen) atoms. The van der Waals surface area contributed by atoms with Gasteiger partial charge in [-0.1, -0.05) is 11.6 Å². The minimum atomic E-state index is -0.766. The normalized spacial score (nSPS) is 21.0. The first-order valence-corrected chi connectivity index (χ1v) is 7.99. The van der Waals surface area contributed by atoms with Crippen molar-refractivity contribution >= 4 is 22.7 Å². The van der Waals surface area contributed by atoms with Crippen LogP contribution in [0.2, 0.25) is 0 Å². The molecule has 1 fully saturated rings. The molecular weight excluding hydrogens is 290 g/mol. The summed E-state index contributed by atoms with van der Waals surface area (Å²) in [6.07, 6.45) is 1.54. The maximum atomic E-state index is 13.1. The Kier molecular flexibility index (Phi) is 3.66. The number of likely N-dealkylation sites (tertiary alicyclic amines) is 1. The lowest BCUT2D eigenvalue weighted by Crippen LogP contribution is -2.54. The summed E-state index contributed by atoms with van der Waals surface area (Å²) < 4.78 is 1.92. The van der Waals surface area contributed by atoms with Crippen molar-refractivity contribution in [2.45, 2.75) is 32.2 Å². The third-order valence-corrected chi connectivity index (χ3v) is 5.02. The molecule has 0 radical (unpaired) electrons. The minimum Gasteiger partial charge on any atom is -0.357 e. The van der Waals surface area contributed by atoms with Crippen LogP contribution in [0, 0.1) is 6.92 Å². The number of fused-ring (bicyclic) bond motifs is 1. The summed E-state index contributed by atoms with van der Waals surface area (Å²) >= 11 is 0. The SMILES string of the molecule is CNC(=O)[C@@]1(C)CCCN1C(=O)c1cc2cc(C)ccc2n1C. The van der Waals surface area contributed by atoms with Crippen LogP contribution < -0.4 is 5.32 Å². The van der Waals surface area contributed by atoms with Gasteiger partial charge in [0.2, 0.25) is 5.91 Å². The van der Waals surface area contributed by atoms with Crippen LogP contribution in [-0.4, -0.2) is 40.4 Å². The molecule has 1 atom stereocenters. The van der Waals surface area contributed by atoms with Gasteiger partial charge in [0, 0.05) is 31.5 Å². The molecule has 2 aromatic rings. The summed E-state index contributed by atoms with van der Waals surface area (Å²) in [5.74, 6) is -0.178. The molecule has 1 N–H and O–H groups in total. The molecule has 0 aliphatic carbocycles. The molecule has 2 amide bonds. The van der Waals surface area contributed by atoms with Gasteiger partial charge >= 0.3 is 0 Å². The lowest BCUT2D eigenvalue weighted by Gasteiger charge is -2.33. The lowest BCUT2D eigenvalue weighted by molar-refractivity contribution is -0.129. The Morgan fingerprint density at radius 3 is 2.70 bits per heavy atom. The molecule has 0 bridgehead atoms. The summed E-state index contributed by atoms with van der Waals surface area (Å²) in [7, 11) is 3.52. The van der Waals surface area contributed by atoms with E-state index in [4.69, 9.17) is 0 Å². The summed E-state index contributed by atoms with van der Waals surface area (Å²) in [6, 6.07) is 8.08. The molecule has 1 aromatic heterocycles. The zero-order valence-electron chi connectivity index (χ0n) is 14.1. The fourth-order valence-electron chi connectivity index (χ4n) is 3.61. The van der Waals surface area contributed by atoms with E-state index in [-0.39, 0.29) is 11.8 Å². The first kappa shape index (κ1) is 15.6. The van der Waals surface area contributed by atoms with Crippen LogP contribution in [0.3, 0.4) is 0 Å². The van der Waals surface area contributed by atoms with Crippen molar-refractivity contribution in [2.24, 2.45) is 7.05 Å². The van der Waals surface area contributed by atoms with Gasteiger partial charge in [-0.2, -0.15) is 0 Å². The molecular formula is C18H23N3O2. The van der Waals surface area contributed by atoms with E-state index in [9.17, 15) is 9.59 Å². The Morgan fingerprint density at radius 1 is 1.26 bits per heavy atom. The van der Waals surface area contributed by atoms with E-state index in [1.807, 2.05) is 43.7 Å². The van der Waals surface area contributed by atoms with Gasteiger partial charge in [0.15, 0.2) is 0 Å². The number of carbonyl (C=O) groups excluding carboxylic acids is 2. The quantitative estimate of drug-likeness (QED) is 0.924. The molecule has 3 rings (SSSR count). The second-order valence-corrected chi connectivity index (χ2v) is 6.56. The molecule has 5 heteroatoms. The first-order chi connectivity index (χ1) is 10.9. The fraction of sp³-hybridized carbons (Fsp3) is 0.444. The van der Waals surface area contributed by atoms with Crippen molar-refractivity contribution in [3.8, 4) is 0 Å². The summed E-state index contributed by atoms with van der Waals surface area (Å²) in [4.78, 5) is 27.1. The maximum absolute atomic E-state index is 13.1. The molecule has 1 aliphatic rings. The number of nitrogens with one attached hydrogen (secondary N) is 1. The fourth-order valence-corrected chi connectivity index (χ4v) is 3.61. The van der Waals surface area contributed by atoms with Gasteiger partial charge in [0.25, 0.3) is 5.91 Å². The van der Waals surface area contributed by atoms with Crippen molar-refractivity contribution in [3.05, 3.63) is 35.5 Å². The van der Waals surface area contributed by atoms with Crippen LogP contribution in [0.5, 0.6) is 0 Å². The predicted octanol–water partition coefficient (Wildman–Crippen LogP) is 2.23. The van der Waals surface area contributed by atoms with E-state index in [1.54, 1.807) is 11.9 Å². The molecule has 2 heterocycles. The van der Waals surface area contributed by atoms with Crippen LogP contribution in [-0.2, 0) is 11.8 Å². The standard InChI is InChI=1S/C18H23N3O2/c1-12-6-7-14-13(10-12)11-15(20(14)4)16(22)21-9-5-8-18(21,2)17(23)19-3/h6-7,10-11H,5,8-9H2,1-4H3,(H,19,23)/t18-/m1/s1. The number of aryl methyl sites for hydroxylation is 2. The zero-order valence-corrected chi connectivity index (χ0v) is 14.1. The smallest absolute Gasteiger partial charge is 0.271 e. The molecule has 5 nitrogen and oxygen atoms in total. The second-order valence-electron chi connectivity index (χ2n) is 6.56. The number of hydrogen-bond donors (Lipinski definition) is 1. The Hall–Kier alpha value is -2.30. The lowest BCUT2D eigenvalue weighted by atomic mass is 9.97. The highest BCUT2D eigenvalue weighted by Crippen LogP contribution is 2.32. The number of benzene rings is 1. The molecule has 0 unspecified atom stereocenters. The van der Waals surface area contributed by atoms with E-state index >= 15 is 0 Å². The number of hydrogen-bond acceptors (Lipinski definition) is 2. The monoisotopic (exact) mass is 313 g/mol. The maximum Gasteiger partial charge on any atom is 0.271 e. The molecule has 1 aromatic carbocycles. The molecule has 1 aliphatic heterocycles. The summed E-state index contributed by atoms with van der Waals surface area (Å²) in [5.41, 5.74) is 2.05. The Bertz CT molecular complexity index is 793. The van der Waals surface area contributed by atoms with Gasteiger partial charge < -0.3 is 14.8 Å². The van der Waals surface area contributed by atoms with Crippen LogP contribution in [0.4, 0.5) is 0 Å². The summed E-state index contributed by atoms with van der Waals surface area (Å²) in [5, 5.41) is 3.75. The van der Waals surface area contributed by atoms with Crippen LogP contribution in [0.1, 0.15) is 35.8 Å². The average Bonchev–Trinajstić information content (AvgIpc) is 3.07. The van der Waals surface area contributed by atoms with Gasteiger partial charge in [-0.25, -0.2) is 0 Å². The number of carbonyl (C=O) groups is 2. The van der Waals surface area contributed by atoms with Crippen molar-refractivity contribution in [1.29, 1.82) is 0 Å². The first-order valence-electron chi connectivity index (χ1n) is 7.99. The highest BCUT2D eigenvalue weighted by molar-refractivity contribution is 6.02. The minimum absolute atomic E-state index is 0.0787. The topological polar surface area (TPSA) is 54.3 Å². The largest absolute Gasteiger partial charge is 0.357 e.